The lowest BCUT2D eigenvalue weighted by molar-refractivity contribution is -0.169. The van der Waals surface area contributed by atoms with Crippen molar-refractivity contribution >= 4 is 28.5 Å². The van der Waals surface area contributed by atoms with E-state index in [4.69, 9.17) is 21.1 Å². The van der Waals surface area contributed by atoms with Gasteiger partial charge < -0.3 is 19.1 Å². The average molecular weight is 516 g/mol. The van der Waals surface area contributed by atoms with Gasteiger partial charge in [0.1, 0.15) is 11.4 Å². The molecule has 6 nitrogen and oxygen atoms in total. The Morgan fingerprint density at radius 1 is 1.28 bits per heavy atom. The van der Waals surface area contributed by atoms with E-state index in [0.29, 0.717) is 22.7 Å². The molecule has 2 atom stereocenters. The first-order valence-corrected chi connectivity index (χ1v) is 12.6. The summed E-state index contributed by atoms with van der Waals surface area (Å²) in [6, 6.07) is 7.88. The highest BCUT2D eigenvalue weighted by Crippen LogP contribution is 2.29. The zero-order chi connectivity index (χ0) is 26.0. The lowest BCUT2D eigenvalue weighted by Gasteiger charge is -2.30. The van der Waals surface area contributed by atoms with E-state index >= 15 is 4.39 Å². The normalized spacial score (nSPS) is 17.0. The Kier molecular flexibility index (Phi) is 8.13. The van der Waals surface area contributed by atoms with Gasteiger partial charge in [-0.1, -0.05) is 37.6 Å². The molecule has 1 unspecified atom stereocenters. The molecule has 36 heavy (non-hydrogen) atoms. The first-order valence-electron chi connectivity index (χ1n) is 12.2. The average Bonchev–Trinajstić information content (AvgIpc) is 2.84. The van der Waals surface area contributed by atoms with Crippen molar-refractivity contribution in [1.29, 1.82) is 0 Å². The quantitative estimate of drug-likeness (QED) is 0.390. The Labute approximate surface area is 214 Å². The van der Waals surface area contributed by atoms with E-state index in [-0.39, 0.29) is 42.2 Å². The summed E-state index contributed by atoms with van der Waals surface area (Å²) in [5.74, 6) is -1.79. The minimum Gasteiger partial charge on any atom is -0.477 e. The van der Waals surface area contributed by atoms with Crippen LogP contribution in [-0.4, -0.2) is 35.1 Å². The second-order valence-corrected chi connectivity index (χ2v) is 10.1. The van der Waals surface area contributed by atoms with Crippen molar-refractivity contribution in [2.75, 3.05) is 13.2 Å². The first-order chi connectivity index (χ1) is 17.2. The van der Waals surface area contributed by atoms with Gasteiger partial charge >= 0.3 is 5.97 Å². The minimum absolute atomic E-state index is 0.0118. The van der Waals surface area contributed by atoms with Gasteiger partial charge in [0.05, 0.1) is 18.2 Å². The number of nitrogens with zero attached hydrogens (tertiary/aromatic N) is 1. The number of ether oxygens (including phenoxy) is 2. The van der Waals surface area contributed by atoms with Gasteiger partial charge in [0.25, 0.3) is 0 Å². The zero-order valence-corrected chi connectivity index (χ0v) is 21.5. The molecule has 0 saturated carbocycles. The second-order valence-electron chi connectivity index (χ2n) is 9.69. The summed E-state index contributed by atoms with van der Waals surface area (Å²) in [7, 11) is 0. The highest BCUT2D eigenvalue weighted by atomic mass is 35.5. The smallest absolute Gasteiger partial charge is 0.341 e. The van der Waals surface area contributed by atoms with Crippen LogP contribution in [0.25, 0.3) is 10.9 Å². The molecule has 4 rings (SSSR count). The van der Waals surface area contributed by atoms with E-state index in [2.05, 4.69) is 0 Å². The lowest BCUT2D eigenvalue weighted by Crippen LogP contribution is -2.30. The van der Waals surface area contributed by atoms with Crippen molar-refractivity contribution in [1.82, 2.24) is 4.57 Å². The summed E-state index contributed by atoms with van der Waals surface area (Å²) in [4.78, 5) is 25.2. The van der Waals surface area contributed by atoms with E-state index in [0.717, 1.165) is 30.4 Å². The number of pyridine rings is 1. The van der Waals surface area contributed by atoms with Crippen LogP contribution in [0.15, 0.2) is 41.3 Å². The molecular weight excluding hydrogens is 485 g/mol. The highest BCUT2D eigenvalue weighted by molar-refractivity contribution is 6.31. The van der Waals surface area contributed by atoms with E-state index in [1.54, 1.807) is 16.7 Å². The third-order valence-corrected chi connectivity index (χ3v) is 7.32. The number of carboxylic acids is 1. The fraction of sp³-hybridized carbons (Fsp3) is 0.429. The van der Waals surface area contributed by atoms with Gasteiger partial charge in [-0.15, -0.1) is 0 Å². The molecule has 1 fully saturated rings. The molecule has 3 aromatic rings. The molecular formula is C28H31ClFNO5. The Balaban J connectivity index is 1.81. The molecule has 2 heterocycles. The summed E-state index contributed by atoms with van der Waals surface area (Å²) in [6.45, 7) is 6.70. The monoisotopic (exact) mass is 515 g/mol. The van der Waals surface area contributed by atoms with Crippen LogP contribution in [0, 0.1) is 18.7 Å². The number of hydrogen-bond donors (Lipinski definition) is 1. The Morgan fingerprint density at radius 2 is 2.06 bits per heavy atom. The third-order valence-electron chi connectivity index (χ3n) is 6.91. The van der Waals surface area contributed by atoms with Crippen LogP contribution in [0.4, 0.5) is 4.39 Å². The molecule has 0 amide bonds. The molecule has 1 aromatic heterocycles. The van der Waals surface area contributed by atoms with Crippen LogP contribution in [-0.2, 0) is 15.9 Å². The predicted octanol–water partition coefficient (Wildman–Crippen LogP) is 6.13. The van der Waals surface area contributed by atoms with Gasteiger partial charge in [-0.2, -0.15) is 0 Å². The van der Waals surface area contributed by atoms with Gasteiger partial charge in [-0.25, -0.2) is 9.18 Å². The van der Waals surface area contributed by atoms with E-state index < -0.39 is 17.2 Å². The Bertz CT molecular complexity index is 1330. The van der Waals surface area contributed by atoms with Crippen LogP contribution in [0.5, 0.6) is 0 Å². The molecule has 1 aliphatic heterocycles. The maximum Gasteiger partial charge on any atom is 0.341 e. The van der Waals surface area contributed by atoms with Gasteiger partial charge in [-0.3, -0.25) is 4.79 Å². The number of carbonyl (C=O) groups is 1. The first kappa shape index (κ1) is 26.3. The molecule has 8 heteroatoms. The van der Waals surface area contributed by atoms with Crippen molar-refractivity contribution in [2.45, 2.75) is 58.8 Å². The Hall–Kier alpha value is -2.74. The summed E-state index contributed by atoms with van der Waals surface area (Å²) in [5.41, 5.74) is 1.29. The fourth-order valence-corrected chi connectivity index (χ4v) is 4.86. The molecule has 0 bridgehead atoms. The lowest BCUT2D eigenvalue weighted by atomic mass is 9.97. The summed E-state index contributed by atoms with van der Waals surface area (Å²) in [6.07, 6.45) is 4.01. The minimum atomic E-state index is -1.33. The van der Waals surface area contributed by atoms with Crippen molar-refractivity contribution in [3.05, 3.63) is 79.8 Å². The van der Waals surface area contributed by atoms with Crippen molar-refractivity contribution in [3.63, 3.8) is 0 Å². The molecule has 0 aliphatic carbocycles. The molecule has 2 aromatic carbocycles. The zero-order valence-electron chi connectivity index (χ0n) is 20.7. The van der Waals surface area contributed by atoms with Crippen molar-refractivity contribution in [2.24, 2.45) is 5.92 Å². The van der Waals surface area contributed by atoms with Crippen LogP contribution in [0.3, 0.4) is 0 Å². The molecule has 1 saturated heterocycles. The number of aromatic carboxylic acids is 1. The maximum absolute atomic E-state index is 15.4. The summed E-state index contributed by atoms with van der Waals surface area (Å²) in [5, 5.41) is 10.5. The third kappa shape index (κ3) is 5.48. The van der Waals surface area contributed by atoms with Crippen molar-refractivity contribution in [3.8, 4) is 0 Å². The number of benzene rings is 2. The summed E-state index contributed by atoms with van der Waals surface area (Å²) < 4.78 is 28.8. The van der Waals surface area contributed by atoms with Crippen LogP contribution in [0.1, 0.15) is 66.2 Å². The van der Waals surface area contributed by atoms with E-state index in [1.807, 2.05) is 26.8 Å². The van der Waals surface area contributed by atoms with Gasteiger partial charge in [0.2, 0.25) is 5.43 Å². The molecule has 1 aliphatic rings. The van der Waals surface area contributed by atoms with Gasteiger partial charge in [0.15, 0.2) is 6.29 Å². The van der Waals surface area contributed by atoms with E-state index in [9.17, 15) is 14.7 Å². The highest BCUT2D eigenvalue weighted by Gasteiger charge is 2.25. The summed E-state index contributed by atoms with van der Waals surface area (Å²) >= 11 is 6.23. The molecule has 192 valence electrons. The standard InChI is InChI=1S/C28H31ClFNO5/c1-16(2)25(15-36-26-9-4-5-10-35-26)31-14-21(28(33)34)27(32)20-12-19(23(30)13-24(20)31)11-18-7-6-8-22(29)17(18)3/h6-8,12-14,16,25-26H,4-5,9-11,15H2,1-3H3,(H,33,34)/t25-,26?/m1/s1. The maximum atomic E-state index is 15.4. The number of halogens is 2. The Morgan fingerprint density at radius 3 is 2.72 bits per heavy atom. The number of rotatable bonds is 8. The van der Waals surface area contributed by atoms with Crippen molar-refractivity contribution < 1.29 is 23.8 Å². The number of fused-ring (bicyclic) bond motifs is 1. The van der Waals surface area contributed by atoms with E-state index in [1.165, 1.54) is 18.3 Å². The molecule has 0 spiro atoms. The number of carboxylic acid groups (broad SMARTS) is 1. The topological polar surface area (TPSA) is 77.8 Å². The van der Waals surface area contributed by atoms with Crippen LogP contribution >= 0.6 is 11.6 Å². The molecule has 0 radical (unpaired) electrons. The number of aromatic nitrogens is 1. The molecule has 1 N–H and O–H groups in total. The largest absolute Gasteiger partial charge is 0.477 e. The second kappa shape index (κ2) is 11.1. The fourth-order valence-electron chi connectivity index (χ4n) is 4.67. The number of hydrogen-bond acceptors (Lipinski definition) is 4. The van der Waals surface area contributed by atoms with Gasteiger partial charge in [0, 0.05) is 29.6 Å². The SMILES string of the molecule is Cc1c(Cl)cccc1Cc1cc2c(=O)c(C(=O)O)cn([C@H](COC3CCCCO3)C(C)C)c2cc1F. The predicted molar refractivity (Wildman–Crippen MR) is 138 cm³/mol. The van der Waals surface area contributed by atoms with Crippen LogP contribution in [0.2, 0.25) is 5.02 Å². The van der Waals surface area contributed by atoms with Crippen LogP contribution < -0.4 is 5.43 Å². The van der Waals surface area contributed by atoms with Gasteiger partial charge in [-0.05, 0) is 67.0 Å².